The van der Waals surface area contributed by atoms with Gasteiger partial charge in [0.15, 0.2) is 0 Å². The van der Waals surface area contributed by atoms with Gasteiger partial charge in [-0.05, 0) is 13.3 Å². The third kappa shape index (κ3) is 2.74. The first-order valence-electron chi connectivity index (χ1n) is 3.55. The van der Waals surface area contributed by atoms with Crippen LogP contribution < -0.4 is 5.73 Å². The van der Waals surface area contributed by atoms with E-state index in [0.29, 0.717) is 0 Å². The summed E-state index contributed by atoms with van der Waals surface area (Å²) < 4.78 is 0. The number of primary amides is 1. The zero-order chi connectivity index (χ0) is 9.78. The molecule has 0 aromatic carbocycles. The predicted octanol–water partition coefficient (Wildman–Crippen LogP) is 0.529. The number of carbonyl (C=O) groups is 2. The topological polar surface area (TPSA) is 80.4 Å². The highest BCUT2D eigenvalue weighted by Gasteiger charge is 2.33. The lowest BCUT2D eigenvalue weighted by Crippen LogP contribution is -2.32. The quantitative estimate of drug-likeness (QED) is 0.592. The number of amides is 1. The maximum absolute atomic E-state index is 10.7. The van der Waals surface area contributed by atoms with Crippen molar-refractivity contribution in [3.63, 3.8) is 0 Å². The van der Waals surface area contributed by atoms with Gasteiger partial charge in [-0.15, -0.1) is 6.58 Å². The maximum Gasteiger partial charge on any atom is 0.310 e. The molecule has 3 N–H and O–H groups in total. The lowest BCUT2D eigenvalue weighted by Gasteiger charge is -2.20. The van der Waals surface area contributed by atoms with E-state index in [2.05, 4.69) is 6.58 Å². The van der Waals surface area contributed by atoms with E-state index in [0.717, 1.165) is 0 Å². The number of hydrogen-bond donors (Lipinski definition) is 2. The van der Waals surface area contributed by atoms with Gasteiger partial charge in [-0.25, -0.2) is 0 Å². The molecule has 4 nitrogen and oxygen atoms in total. The van der Waals surface area contributed by atoms with Gasteiger partial charge in [-0.2, -0.15) is 0 Å². The van der Waals surface area contributed by atoms with Crippen LogP contribution in [0.5, 0.6) is 0 Å². The molecule has 68 valence electrons. The fourth-order valence-electron chi connectivity index (χ4n) is 0.938. The Kier molecular flexibility index (Phi) is 3.47. The van der Waals surface area contributed by atoms with E-state index in [1.807, 2.05) is 0 Å². The summed E-state index contributed by atoms with van der Waals surface area (Å²) in [6.45, 7) is 4.89. The van der Waals surface area contributed by atoms with E-state index in [1.165, 1.54) is 13.0 Å². The Morgan fingerprint density at radius 1 is 1.67 bits per heavy atom. The van der Waals surface area contributed by atoms with Crippen molar-refractivity contribution in [1.29, 1.82) is 0 Å². The molecule has 1 amide bonds. The predicted molar refractivity (Wildman–Crippen MR) is 44.4 cm³/mol. The van der Waals surface area contributed by atoms with E-state index in [-0.39, 0.29) is 12.8 Å². The second kappa shape index (κ2) is 3.90. The van der Waals surface area contributed by atoms with Crippen molar-refractivity contribution in [3.05, 3.63) is 12.7 Å². The van der Waals surface area contributed by atoms with Gasteiger partial charge in [0.2, 0.25) is 5.91 Å². The molecular formula is C8H13NO3. The highest BCUT2D eigenvalue weighted by Crippen LogP contribution is 2.26. The molecule has 0 heterocycles. The van der Waals surface area contributed by atoms with Crippen LogP contribution >= 0.6 is 0 Å². The Hall–Kier alpha value is -1.32. The smallest absolute Gasteiger partial charge is 0.310 e. The van der Waals surface area contributed by atoms with Gasteiger partial charge >= 0.3 is 5.97 Å². The fourth-order valence-corrected chi connectivity index (χ4v) is 0.938. The Balaban J connectivity index is 4.49. The Morgan fingerprint density at radius 3 is 2.42 bits per heavy atom. The number of carbonyl (C=O) groups excluding carboxylic acids is 1. The van der Waals surface area contributed by atoms with Crippen LogP contribution in [0.3, 0.4) is 0 Å². The van der Waals surface area contributed by atoms with Crippen molar-refractivity contribution in [2.75, 3.05) is 0 Å². The summed E-state index contributed by atoms with van der Waals surface area (Å²) in [6, 6.07) is 0. The molecule has 0 rings (SSSR count). The van der Waals surface area contributed by atoms with Crippen LogP contribution in [0.2, 0.25) is 0 Å². The molecule has 0 radical (unpaired) electrons. The molecule has 0 bridgehead atoms. The number of nitrogens with two attached hydrogens (primary N) is 1. The summed E-state index contributed by atoms with van der Waals surface area (Å²) in [7, 11) is 0. The second-order valence-corrected chi connectivity index (χ2v) is 3.00. The molecule has 1 atom stereocenters. The van der Waals surface area contributed by atoms with E-state index in [9.17, 15) is 9.59 Å². The second-order valence-electron chi connectivity index (χ2n) is 3.00. The number of carboxylic acids is 1. The minimum Gasteiger partial charge on any atom is -0.481 e. The molecule has 0 aromatic rings. The highest BCUT2D eigenvalue weighted by molar-refractivity contribution is 5.83. The summed E-state index contributed by atoms with van der Waals surface area (Å²) in [5, 5.41) is 8.76. The van der Waals surface area contributed by atoms with Gasteiger partial charge in [0, 0.05) is 6.42 Å². The lowest BCUT2D eigenvalue weighted by atomic mass is 9.83. The van der Waals surface area contributed by atoms with Crippen LogP contribution in [0.25, 0.3) is 0 Å². The van der Waals surface area contributed by atoms with Crippen LogP contribution in [-0.4, -0.2) is 17.0 Å². The average molecular weight is 171 g/mol. The normalized spacial score (nSPS) is 14.8. The molecule has 0 spiro atoms. The molecule has 0 saturated heterocycles. The number of rotatable bonds is 5. The first-order valence-corrected chi connectivity index (χ1v) is 3.55. The minimum absolute atomic E-state index is 0.158. The summed E-state index contributed by atoms with van der Waals surface area (Å²) in [5.74, 6) is -1.64. The van der Waals surface area contributed by atoms with Crippen LogP contribution in [0.1, 0.15) is 19.8 Å². The van der Waals surface area contributed by atoms with Crippen LogP contribution in [0, 0.1) is 5.41 Å². The van der Waals surface area contributed by atoms with Crippen molar-refractivity contribution in [2.45, 2.75) is 19.8 Å². The number of aliphatic carboxylic acids is 1. The molecule has 4 heteroatoms. The minimum atomic E-state index is -1.10. The van der Waals surface area contributed by atoms with Gasteiger partial charge < -0.3 is 10.8 Å². The van der Waals surface area contributed by atoms with Gasteiger partial charge in [-0.1, -0.05) is 6.08 Å². The molecule has 0 aliphatic rings. The molecular weight excluding hydrogens is 158 g/mol. The van der Waals surface area contributed by atoms with Crippen LogP contribution in [0.4, 0.5) is 0 Å². The molecule has 0 fully saturated rings. The third-order valence-electron chi connectivity index (χ3n) is 1.68. The van der Waals surface area contributed by atoms with Crippen molar-refractivity contribution in [2.24, 2.45) is 11.1 Å². The fraction of sp³-hybridized carbons (Fsp3) is 0.500. The highest BCUT2D eigenvalue weighted by atomic mass is 16.4. The standard InChI is InChI=1S/C8H13NO3/c1-3-4-8(2,7(11)12)5-6(9)10/h3H,1,4-5H2,2H3,(H2,9,10)(H,11,12). The zero-order valence-corrected chi connectivity index (χ0v) is 7.04. The average Bonchev–Trinajstić information content (AvgIpc) is 1.85. The molecule has 0 aromatic heterocycles. The van der Waals surface area contributed by atoms with Crippen molar-refractivity contribution >= 4 is 11.9 Å². The summed E-state index contributed by atoms with van der Waals surface area (Å²) in [6.07, 6.45) is 1.55. The summed E-state index contributed by atoms with van der Waals surface area (Å²) >= 11 is 0. The van der Waals surface area contributed by atoms with Gasteiger partial charge in [-0.3, -0.25) is 9.59 Å². The largest absolute Gasteiger partial charge is 0.481 e. The van der Waals surface area contributed by atoms with Crippen molar-refractivity contribution in [1.82, 2.24) is 0 Å². The zero-order valence-electron chi connectivity index (χ0n) is 7.04. The number of allylic oxidation sites excluding steroid dienone is 1. The molecule has 0 saturated carbocycles. The van der Waals surface area contributed by atoms with E-state index in [1.54, 1.807) is 0 Å². The van der Waals surface area contributed by atoms with E-state index < -0.39 is 17.3 Å². The number of carboxylic acid groups (broad SMARTS) is 1. The van der Waals surface area contributed by atoms with Gasteiger partial charge in [0.25, 0.3) is 0 Å². The summed E-state index contributed by atoms with van der Waals surface area (Å²) in [4.78, 5) is 21.2. The Bertz CT molecular complexity index is 212. The SMILES string of the molecule is C=CCC(C)(CC(N)=O)C(=O)O. The Labute approximate surface area is 71.1 Å². The number of hydrogen-bond acceptors (Lipinski definition) is 2. The lowest BCUT2D eigenvalue weighted by molar-refractivity contribution is -0.150. The Morgan fingerprint density at radius 2 is 2.17 bits per heavy atom. The van der Waals surface area contributed by atoms with E-state index in [4.69, 9.17) is 10.8 Å². The van der Waals surface area contributed by atoms with Crippen LogP contribution in [0.15, 0.2) is 12.7 Å². The van der Waals surface area contributed by atoms with Gasteiger partial charge in [0.1, 0.15) is 0 Å². The molecule has 1 unspecified atom stereocenters. The monoisotopic (exact) mass is 171 g/mol. The molecule has 0 aliphatic heterocycles. The summed E-state index contributed by atoms with van der Waals surface area (Å²) in [5.41, 5.74) is 3.81. The van der Waals surface area contributed by atoms with Crippen LogP contribution in [-0.2, 0) is 9.59 Å². The van der Waals surface area contributed by atoms with E-state index >= 15 is 0 Å². The first kappa shape index (κ1) is 10.7. The molecule has 0 aliphatic carbocycles. The third-order valence-corrected chi connectivity index (χ3v) is 1.68. The maximum atomic E-state index is 10.7. The van der Waals surface area contributed by atoms with Crippen molar-refractivity contribution in [3.8, 4) is 0 Å². The first-order chi connectivity index (χ1) is 5.42. The molecule has 12 heavy (non-hydrogen) atoms. The van der Waals surface area contributed by atoms with Gasteiger partial charge in [0.05, 0.1) is 5.41 Å². The van der Waals surface area contributed by atoms with Crippen molar-refractivity contribution < 1.29 is 14.7 Å².